The molecule has 0 aliphatic carbocycles. The quantitative estimate of drug-likeness (QED) is 0.783. The van der Waals surface area contributed by atoms with Crippen molar-refractivity contribution in [3.8, 4) is 0 Å². The van der Waals surface area contributed by atoms with Crippen molar-refractivity contribution in [3.63, 3.8) is 0 Å². The highest BCUT2D eigenvalue weighted by molar-refractivity contribution is 5.86. The molecule has 1 N–H and O–H groups in total. The molecule has 0 aromatic heterocycles. The van der Waals surface area contributed by atoms with E-state index >= 15 is 0 Å². The average Bonchev–Trinajstić information content (AvgIpc) is 2.34. The third-order valence-electron chi connectivity index (χ3n) is 3.11. The summed E-state index contributed by atoms with van der Waals surface area (Å²) in [6.45, 7) is 7.07. The molecule has 1 atom stereocenters. The zero-order valence-electron chi connectivity index (χ0n) is 12.5. The Labute approximate surface area is 115 Å². The highest BCUT2D eigenvalue weighted by Gasteiger charge is 2.28. The van der Waals surface area contributed by atoms with E-state index < -0.39 is 11.6 Å². The maximum atomic E-state index is 12.3. The first-order valence-electron chi connectivity index (χ1n) is 7.01. The highest BCUT2D eigenvalue weighted by Crippen LogP contribution is 2.13. The summed E-state index contributed by atoms with van der Waals surface area (Å²) in [5, 5.41) is 2.92. The molecule has 1 aliphatic rings. The van der Waals surface area contributed by atoms with E-state index in [0.717, 1.165) is 25.9 Å². The first kappa shape index (κ1) is 16.0. The molecule has 0 bridgehead atoms. The van der Waals surface area contributed by atoms with E-state index in [1.54, 1.807) is 7.05 Å². The fourth-order valence-corrected chi connectivity index (χ4v) is 2.20. The van der Waals surface area contributed by atoms with Gasteiger partial charge in [0.2, 0.25) is 5.91 Å². The molecule has 0 spiro atoms. The number of carbonyl (C=O) groups is 2. The minimum atomic E-state index is -0.510. The molecule has 1 rings (SSSR count). The third-order valence-corrected chi connectivity index (χ3v) is 3.11. The SMILES string of the molecule is CNC(CC(=O)OC(C)(C)C)C(=O)N1CCCCC1. The van der Waals surface area contributed by atoms with Crippen molar-refractivity contribution in [2.75, 3.05) is 20.1 Å². The molecule has 0 aromatic carbocycles. The molecule has 1 heterocycles. The second-order valence-corrected chi connectivity index (χ2v) is 6.02. The Kier molecular flexibility index (Phi) is 5.79. The molecule has 110 valence electrons. The molecule has 1 saturated heterocycles. The third kappa shape index (κ3) is 5.59. The van der Waals surface area contributed by atoms with Crippen molar-refractivity contribution in [1.29, 1.82) is 0 Å². The van der Waals surface area contributed by atoms with Gasteiger partial charge in [-0.1, -0.05) is 0 Å². The summed E-state index contributed by atoms with van der Waals surface area (Å²) in [5.74, 6) is -0.328. The van der Waals surface area contributed by atoms with Crippen molar-refractivity contribution in [3.05, 3.63) is 0 Å². The number of nitrogens with zero attached hydrogens (tertiary/aromatic N) is 1. The van der Waals surface area contributed by atoms with Crippen LogP contribution in [0.1, 0.15) is 46.5 Å². The van der Waals surface area contributed by atoms with Gasteiger partial charge in [-0.3, -0.25) is 9.59 Å². The molecule has 19 heavy (non-hydrogen) atoms. The lowest BCUT2D eigenvalue weighted by atomic mass is 10.1. The summed E-state index contributed by atoms with van der Waals surface area (Å²) >= 11 is 0. The smallest absolute Gasteiger partial charge is 0.308 e. The van der Waals surface area contributed by atoms with E-state index in [-0.39, 0.29) is 18.3 Å². The molecule has 5 nitrogen and oxygen atoms in total. The molecule has 1 unspecified atom stereocenters. The van der Waals surface area contributed by atoms with Gasteiger partial charge in [-0.15, -0.1) is 0 Å². The fraction of sp³-hybridized carbons (Fsp3) is 0.857. The number of carbonyl (C=O) groups excluding carboxylic acids is 2. The van der Waals surface area contributed by atoms with Gasteiger partial charge in [-0.25, -0.2) is 0 Å². The largest absolute Gasteiger partial charge is 0.460 e. The summed E-state index contributed by atoms with van der Waals surface area (Å²) in [5.41, 5.74) is -0.510. The van der Waals surface area contributed by atoms with Gasteiger partial charge < -0.3 is 15.0 Å². The van der Waals surface area contributed by atoms with Gasteiger partial charge in [0.1, 0.15) is 5.60 Å². The molecule has 0 radical (unpaired) electrons. The average molecular weight is 270 g/mol. The van der Waals surface area contributed by atoms with Crippen LogP contribution >= 0.6 is 0 Å². The van der Waals surface area contributed by atoms with Crippen LogP contribution in [0.15, 0.2) is 0 Å². The normalized spacial score (nSPS) is 18.0. The van der Waals surface area contributed by atoms with Gasteiger partial charge in [0.05, 0.1) is 12.5 Å². The zero-order chi connectivity index (χ0) is 14.5. The van der Waals surface area contributed by atoms with Crippen molar-refractivity contribution in [2.45, 2.75) is 58.1 Å². The summed E-state index contributed by atoms with van der Waals surface area (Å²) in [7, 11) is 1.71. The number of piperidine rings is 1. The van der Waals surface area contributed by atoms with Crippen LogP contribution in [-0.2, 0) is 14.3 Å². The Morgan fingerprint density at radius 2 is 1.79 bits per heavy atom. The van der Waals surface area contributed by atoms with Crippen molar-refractivity contribution in [1.82, 2.24) is 10.2 Å². The van der Waals surface area contributed by atoms with Gasteiger partial charge in [-0.2, -0.15) is 0 Å². The topological polar surface area (TPSA) is 58.6 Å². The number of ether oxygens (including phenoxy) is 1. The van der Waals surface area contributed by atoms with Crippen LogP contribution in [-0.4, -0.2) is 48.6 Å². The van der Waals surface area contributed by atoms with Crippen LogP contribution in [0.2, 0.25) is 0 Å². The molecule has 1 fully saturated rings. The lowest BCUT2D eigenvalue weighted by Crippen LogP contribution is -2.48. The molecular formula is C14H26N2O3. The van der Waals surface area contributed by atoms with Gasteiger partial charge in [-0.05, 0) is 47.1 Å². The number of amides is 1. The van der Waals surface area contributed by atoms with Crippen molar-refractivity contribution >= 4 is 11.9 Å². The first-order chi connectivity index (χ1) is 8.83. The number of hydrogen-bond donors (Lipinski definition) is 1. The van der Waals surface area contributed by atoms with Crippen LogP contribution in [0.25, 0.3) is 0 Å². The number of hydrogen-bond acceptors (Lipinski definition) is 4. The van der Waals surface area contributed by atoms with Crippen LogP contribution in [0.5, 0.6) is 0 Å². The Hall–Kier alpha value is -1.10. The Bertz CT molecular complexity index is 317. The van der Waals surface area contributed by atoms with Gasteiger partial charge in [0.25, 0.3) is 0 Å². The summed E-state index contributed by atoms with van der Waals surface area (Å²) in [6, 6.07) is -0.479. The molecular weight excluding hydrogens is 244 g/mol. The van der Waals surface area contributed by atoms with E-state index in [0.29, 0.717) is 0 Å². The molecule has 0 aromatic rings. The zero-order valence-corrected chi connectivity index (χ0v) is 12.5. The Balaban J connectivity index is 2.52. The fourth-order valence-electron chi connectivity index (χ4n) is 2.20. The standard InChI is InChI=1S/C14H26N2O3/c1-14(2,3)19-12(17)10-11(15-4)13(18)16-8-6-5-7-9-16/h11,15H,5-10H2,1-4H3. The summed E-state index contributed by atoms with van der Waals surface area (Å²) in [4.78, 5) is 25.9. The molecule has 5 heteroatoms. The Morgan fingerprint density at radius 3 is 2.26 bits per heavy atom. The van der Waals surface area contributed by atoms with E-state index in [2.05, 4.69) is 5.32 Å². The minimum Gasteiger partial charge on any atom is -0.460 e. The molecule has 1 aliphatic heterocycles. The van der Waals surface area contributed by atoms with Crippen LogP contribution in [0.3, 0.4) is 0 Å². The maximum Gasteiger partial charge on any atom is 0.308 e. The summed E-state index contributed by atoms with van der Waals surface area (Å²) in [6.07, 6.45) is 3.37. The van der Waals surface area contributed by atoms with E-state index in [9.17, 15) is 9.59 Å². The van der Waals surface area contributed by atoms with Gasteiger partial charge >= 0.3 is 5.97 Å². The second kappa shape index (κ2) is 6.89. The number of likely N-dealkylation sites (N-methyl/N-ethyl adjacent to an activating group) is 1. The highest BCUT2D eigenvalue weighted by atomic mass is 16.6. The predicted molar refractivity (Wildman–Crippen MR) is 73.7 cm³/mol. The molecule has 1 amide bonds. The number of rotatable bonds is 4. The van der Waals surface area contributed by atoms with E-state index in [1.807, 2.05) is 25.7 Å². The summed E-state index contributed by atoms with van der Waals surface area (Å²) < 4.78 is 5.26. The van der Waals surface area contributed by atoms with E-state index in [1.165, 1.54) is 6.42 Å². The second-order valence-electron chi connectivity index (χ2n) is 6.02. The number of esters is 1. The number of nitrogens with one attached hydrogen (secondary N) is 1. The lowest BCUT2D eigenvalue weighted by Gasteiger charge is -2.30. The Morgan fingerprint density at radius 1 is 1.21 bits per heavy atom. The molecule has 0 saturated carbocycles. The lowest BCUT2D eigenvalue weighted by molar-refractivity contribution is -0.157. The van der Waals surface area contributed by atoms with Gasteiger partial charge in [0, 0.05) is 13.1 Å². The van der Waals surface area contributed by atoms with Crippen molar-refractivity contribution in [2.24, 2.45) is 0 Å². The monoisotopic (exact) mass is 270 g/mol. The minimum absolute atomic E-state index is 0.00746. The predicted octanol–water partition coefficient (Wildman–Crippen LogP) is 1.32. The maximum absolute atomic E-state index is 12.3. The first-order valence-corrected chi connectivity index (χ1v) is 7.01. The van der Waals surface area contributed by atoms with Gasteiger partial charge in [0.15, 0.2) is 0 Å². The number of likely N-dealkylation sites (tertiary alicyclic amines) is 1. The van der Waals surface area contributed by atoms with Crippen molar-refractivity contribution < 1.29 is 14.3 Å². The van der Waals surface area contributed by atoms with Crippen LogP contribution in [0, 0.1) is 0 Å². The van der Waals surface area contributed by atoms with Crippen LogP contribution < -0.4 is 5.32 Å². The van der Waals surface area contributed by atoms with E-state index in [4.69, 9.17) is 4.74 Å². The van der Waals surface area contributed by atoms with Crippen LogP contribution in [0.4, 0.5) is 0 Å².